The smallest absolute Gasteiger partial charge is 0.255 e. The Bertz CT molecular complexity index is 940. The topological polar surface area (TPSA) is 95.6 Å². The van der Waals surface area contributed by atoms with Gasteiger partial charge < -0.3 is 10.6 Å². The van der Waals surface area contributed by atoms with Crippen LogP contribution in [0, 0.1) is 0 Å². The van der Waals surface area contributed by atoms with E-state index in [2.05, 4.69) is 10.6 Å². The van der Waals surface area contributed by atoms with Gasteiger partial charge >= 0.3 is 0 Å². The second-order valence-corrected chi connectivity index (χ2v) is 8.46. The van der Waals surface area contributed by atoms with Crippen molar-refractivity contribution in [2.45, 2.75) is 20.3 Å². The number of rotatable bonds is 8. The predicted octanol–water partition coefficient (Wildman–Crippen LogP) is 2.86. The number of amides is 2. The fourth-order valence-electron chi connectivity index (χ4n) is 2.50. The molecule has 0 saturated carbocycles. The van der Waals surface area contributed by atoms with Crippen LogP contribution in [-0.2, 0) is 10.0 Å². The summed E-state index contributed by atoms with van der Waals surface area (Å²) >= 11 is 0. The molecule has 2 rings (SSSR count). The van der Waals surface area contributed by atoms with Crippen molar-refractivity contribution in [1.29, 1.82) is 0 Å². The molecule has 0 unspecified atom stereocenters. The summed E-state index contributed by atoms with van der Waals surface area (Å²) in [7, 11) is -1.90. The maximum Gasteiger partial charge on any atom is 0.255 e. The van der Waals surface area contributed by atoms with Crippen LogP contribution < -0.4 is 14.9 Å². The molecule has 2 N–H and O–H groups in total. The van der Waals surface area contributed by atoms with E-state index in [1.165, 1.54) is 11.4 Å². The molecule has 0 atom stereocenters. The fourth-order valence-corrected chi connectivity index (χ4v) is 3.33. The number of anilines is 2. The number of carbonyl (C=O) groups excluding carboxylic acids is 2. The molecule has 2 amide bonds. The Kier molecular flexibility index (Phi) is 7.17. The third kappa shape index (κ3) is 5.10. The molecule has 2 aromatic rings. The molecule has 2 aromatic carbocycles. The molecule has 0 aromatic heterocycles. The number of para-hydroxylation sites is 1. The zero-order chi connectivity index (χ0) is 20.7. The van der Waals surface area contributed by atoms with Crippen LogP contribution in [0.15, 0.2) is 48.5 Å². The maximum absolute atomic E-state index is 12.6. The van der Waals surface area contributed by atoms with Crippen molar-refractivity contribution < 1.29 is 18.0 Å². The minimum absolute atomic E-state index is 0.0113. The molecule has 7 nitrogen and oxygen atoms in total. The lowest BCUT2D eigenvalue weighted by atomic mass is 10.1. The van der Waals surface area contributed by atoms with Crippen LogP contribution in [0.25, 0.3) is 0 Å². The number of nitrogens with zero attached hydrogens (tertiary/aromatic N) is 1. The van der Waals surface area contributed by atoms with E-state index in [9.17, 15) is 18.0 Å². The van der Waals surface area contributed by atoms with E-state index in [1.54, 1.807) is 55.5 Å². The quantitative estimate of drug-likeness (QED) is 0.708. The zero-order valence-corrected chi connectivity index (χ0v) is 17.0. The van der Waals surface area contributed by atoms with Gasteiger partial charge in [0.15, 0.2) is 0 Å². The summed E-state index contributed by atoms with van der Waals surface area (Å²) in [4.78, 5) is 24.8. The summed E-state index contributed by atoms with van der Waals surface area (Å²) in [6, 6.07) is 13.0. The second kappa shape index (κ2) is 9.36. The molecular weight excluding hydrogens is 378 g/mol. The number of carbonyl (C=O) groups is 2. The van der Waals surface area contributed by atoms with Gasteiger partial charge in [-0.25, -0.2) is 8.42 Å². The van der Waals surface area contributed by atoms with Crippen LogP contribution in [0.2, 0.25) is 0 Å². The van der Waals surface area contributed by atoms with Crippen LogP contribution in [0.5, 0.6) is 0 Å². The Morgan fingerprint density at radius 3 is 2.21 bits per heavy atom. The van der Waals surface area contributed by atoms with Gasteiger partial charge in [-0.3, -0.25) is 13.9 Å². The Hall–Kier alpha value is -2.87. The third-order valence-corrected chi connectivity index (χ3v) is 6.01. The van der Waals surface area contributed by atoms with Crippen molar-refractivity contribution in [3.05, 3.63) is 59.7 Å². The molecule has 0 radical (unpaired) electrons. The summed E-state index contributed by atoms with van der Waals surface area (Å²) in [6.45, 7) is 4.08. The molecule has 0 heterocycles. The van der Waals surface area contributed by atoms with E-state index >= 15 is 0 Å². The van der Waals surface area contributed by atoms with Crippen molar-refractivity contribution in [2.75, 3.05) is 29.0 Å². The van der Waals surface area contributed by atoms with Gasteiger partial charge in [-0.05, 0) is 49.7 Å². The lowest BCUT2D eigenvalue weighted by molar-refractivity contribution is 0.0954. The van der Waals surface area contributed by atoms with Gasteiger partial charge in [0.25, 0.3) is 11.8 Å². The normalized spacial score (nSPS) is 11.0. The van der Waals surface area contributed by atoms with Crippen LogP contribution >= 0.6 is 0 Å². The molecule has 0 bridgehead atoms. The number of hydrogen-bond donors (Lipinski definition) is 2. The average Bonchev–Trinajstić information content (AvgIpc) is 2.71. The first-order chi connectivity index (χ1) is 13.3. The van der Waals surface area contributed by atoms with E-state index in [1.807, 2.05) is 6.92 Å². The first-order valence-electron chi connectivity index (χ1n) is 9.05. The predicted molar refractivity (Wildman–Crippen MR) is 111 cm³/mol. The van der Waals surface area contributed by atoms with Crippen molar-refractivity contribution >= 4 is 33.2 Å². The molecule has 8 heteroatoms. The Labute approximate surface area is 165 Å². The number of sulfonamides is 1. The van der Waals surface area contributed by atoms with Gasteiger partial charge in [0.05, 0.1) is 22.7 Å². The fraction of sp³-hybridized carbons (Fsp3) is 0.300. The lowest BCUT2D eigenvalue weighted by Gasteiger charge is -2.18. The van der Waals surface area contributed by atoms with Crippen molar-refractivity contribution in [1.82, 2.24) is 5.32 Å². The van der Waals surface area contributed by atoms with Crippen LogP contribution in [-0.4, -0.2) is 39.6 Å². The molecule has 0 fully saturated rings. The van der Waals surface area contributed by atoms with Gasteiger partial charge in [0, 0.05) is 19.2 Å². The Morgan fingerprint density at radius 2 is 1.61 bits per heavy atom. The largest absolute Gasteiger partial charge is 0.352 e. The molecule has 0 spiro atoms. The molecular formula is C20H25N3O4S. The summed E-state index contributed by atoms with van der Waals surface area (Å²) in [5.41, 5.74) is 1.62. The highest BCUT2D eigenvalue weighted by molar-refractivity contribution is 7.92. The number of hydrogen-bond acceptors (Lipinski definition) is 4. The maximum atomic E-state index is 12.6. The van der Waals surface area contributed by atoms with Crippen molar-refractivity contribution in [3.8, 4) is 0 Å². The van der Waals surface area contributed by atoms with Crippen LogP contribution in [0.3, 0.4) is 0 Å². The highest BCUT2D eigenvalue weighted by atomic mass is 32.2. The van der Waals surface area contributed by atoms with E-state index in [0.29, 0.717) is 29.0 Å². The van der Waals surface area contributed by atoms with E-state index < -0.39 is 10.0 Å². The summed E-state index contributed by atoms with van der Waals surface area (Å²) in [6.07, 6.45) is 0.814. The number of benzene rings is 2. The molecule has 0 aliphatic rings. The number of nitrogens with one attached hydrogen (secondary N) is 2. The average molecular weight is 404 g/mol. The molecule has 28 heavy (non-hydrogen) atoms. The summed E-state index contributed by atoms with van der Waals surface area (Å²) in [5, 5.41) is 5.53. The SMILES string of the molecule is CCCNC(=O)c1ccccc1NC(=O)c1ccc(N(C)S(=O)(=O)CC)cc1. The third-order valence-electron chi connectivity index (χ3n) is 4.23. The summed E-state index contributed by atoms with van der Waals surface area (Å²) in [5.74, 6) is -0.648. The lowest BCUT2D eigenvalue weighted by Crippen LogP contribution is -2.28. The van der Waals surface area contributed by atoms with Crippen molar-refractivity contribution in [3.63, 3.8) is 0 Å². The minimum Gasteiger partial charge on any atom is -0.352 e. The van der Waals surface area contributed by atoms with Gasteiger partial charge in [-0.1, -0.05) is 19.1 Å². The standard InChI is InChI=1S/C20H25N3O4S/c1-4-14-21-20(25)17-8-6-7-9-18(17)22-19(24)15-10-12-16(13-11-15)23(3)28(26,27)5-2/h6-13H,4-5,14H2,1-3H3,(H,21,25)(H,22,24). The second-order valence-electron chi connectivity index (χ2n) is 6.17. The first kappa shape index (κ1) is 21.4. The highest BCUT2D eigenvalue weighted by Crippen LogP contribution is 2.20. The van der Waals surface area contributed by atoms with Gasteiger partial charge in [0.2, 0.25) is 10.0 Å². The Balaban J connectivity index is 2.17. The van der Waals surface area contributed by atoms with E-state index in [-0.39, 0.29) is 17.6 Å². The van der Waals surface area contributed by atoms with Crippen LogP contribution in [0.4, 0.5) is 11.4 Å². The van der Waals surface area contributed by atoms with Crippen molar-refractivity contribution in [2.24, 2.45) is 0 Å². The zero-order valence-electron chi connectivity index (χ0n) is 16.2. The molecule has 0 aliphatic heterocycles. The van der Waals surface area contributed by atoms with E-state index in [4.69, 9.17) is 0 Å². The molecule has 150 valence electrons. The Morgan fingerprint density at radius 1 is 0.964 bits per heavy atom. The van der Waals surface area contributed by atoms with E-state index in [0.717, 1.165) is 6.42 Å². The van der Waals surface area contributed by atoms with Gasteiger partial charge in [0.1, 0.15) is 0 Å². The highest BCUT2D eigenvalue weighted by Gasteiger charge is 2.17. The molecule has 0 aliphatic carbocycles. The first-order valence-corrected chi connectivity index (χ1v) is 10.7. The van der Waals surface area contributed by atoms with Gasteiger partial charge in [-0.2, -0.15) is 0 Å². The van der Waals surface area contributed by atoms with Crippen LogP contribution in [0.1, 0.15) is 41.0 Å². The minimum atomic E-state index is -3.37. The monoisotopic (exact) mass is 403 g/mol. The van der Waals surface area contributed by atoms with Gasteiger partial charge in [-0.15, -0.1) is 0 Å². The summed E-state index contributed by atoms with van der Waals surface area (Å²) < 4.78 is 25.1. The molecule has 0 saturated heterocycles.